The van der Waals surface area contributed by atoms with Crippen LogP contribution in [0.5, 0.6) is 0 Å². The Balaban J connectivity index is 1.89. The standard InChI is InChI=1S/C26H17ClN6/c1-15-9-18(12-28)19(13-29)11-23(15)33-25-21-10-17(16-3-6-20(27)7-4-16)5-8-22(21)31-14-24(25)32(2)26(33)30/h3-11,14,30H,1-2H3. The van der Waals surface area contributed by atoms with E-state index in [1.807, 2.05) is 54.9 Å². The molecular weight excluding hydrogens is 432 g/mol. The highest BCUT2D eigenvalue weighted by Gasteiger charge is 2.18. The van der Waals surface area contributed by atoms with E-state index in [2.05, 4.69) is 23.2 Å². The number of nitriles is 2. The average molecular weight is 449 g/mol. The lowest BCUT2D eigenvalue weighted by Crippen LogP contribution is -2.22. The second kappa shape index (κ2) is 7.63. The summed E-state index contributed by atoms with van der Waals surface area (Å²) in [6.45, 7) is 1.88. The molecular formula is C26H17ClN6. The van der Waals surface area contributed by atoms with Gasteiger partial charge in [-0.05, 0) is 60.0 Å². The first kappa shape index (κ1) is 20.5. The zero-order chi connectivity index (χ0) is 23.3. The highest BCUT2D eigenvalue weighted by Crippen LogP contribution is 2.31. The molecule has 5 rings (SSSR count). The number of rotatable bonds is 2. The quantitative estimate of drug-likeness (QED) is 0.393. The molecule has 6 nitrogen and oxygen atoms in total. The number of pyridine rings is 1. The van der Waals surface area contributed by atoms with E-state index in [4.69, 9.17) is 17.0 Å². The third kappa shape index (κ3) is 3.17. The molecule has 0 atom stereocenters. The summed E-state index contributed by atoms with van der Waals surface area (Å²) >= 11 is 6.06. The van der Waals surface area contributed by atoms with Crippen molar-refractivity contribution in [2.45, 2.75) is 6.92 Å². The predicted octanol–water partition coefficient (Wildman–Crippen LogP) is 5.37. The van der Waals surface area contributed by atoms with Crippen molar-refractivity contribution in [2.75, 3.05) is 0 Å². The van der Waals surface area contributed by atoms with Gasteiger partial charge in [-0.25, -0.2) is 0 Å². The lowest BCUT2D eigenvalue weighted by atomic mass is 10.0. The fourth-order valence-electron chi connectivity index (χ4n) is 4.20. The van der Waals surface area contributed by atoms with Crippen molar-refractivity contribution in [3.63, 3.8) is 0 Å². The summed E-state index contributed by atoms with van der Waals surface area (Å²) in [4.78, 5) is 4.62. The molecule has 2 heterocycles. The molecule has 0 amide bonds. The fourth-order valence-corrected chi connectivity index (χ4v) is 4.32. The highest BCUT2D eigenvalue weighted by atomic mass is 35.5. The number of hydrogen-bond acceptors (Lipinski definition) is 4. The molecule has 2 aromatic heterocycles. The monoisotopic (exact) mass is 448 g/mol. The van der Waals surface area contributed by atoms with Crippen LogP contribution in [-0.2, 0) is 7.05 Å². The number of nitrogens with zero attached hydrogens (tertiary/aromatic N) is 5. The molecule has 5 aromatic rings. The molecule has 0 fully saturated rings. The van der Waals surface area contributed by atoms with Gasteiger partial charge in [0.15, 0.2) is 0 Å². The van der Waals surface area contributed by atoms with Crippen LogP contribution < -0.4 is 5.62 Å². The van der Waals surface area contributed by atoms with Gasteiger partial charge in [0.25, 0.3) is 0 Å². The van der Waals surface area contributed by atoms with Crippen LogP contribution in [0.3, 0.4) is 0 Å². The molecule has 0 aliphatic heterocycles. The lowest BCUT2D eigenvalue weighted by Gasteiger charge is -2.12. The summed E-state index contributed by atoms with van der Waals surface area (Å²) in [5.74, 6) is 0. The SMILES string of the molecule is Cc1cc(C#N)c(C#N)cc1-n1c(=N)n(C)c2cnc3ccc(-c4ccc(Cl)cc4)cc3c21. The minimum Gasteiger partial charge on any atom is -0.312 e. The molecule has 0 radical (unpaired) electrons. The lowest BCUT2D eigenvalue weighted by molar-refractivity contribution is 0.785. The minimum atomic E-state index is 0.243. The van der Waals surface area contributed by atoms with Crippen LogP contribution in [-0.4, -0.2) is 14.1 Å². The fraction of sp³-hybridized carbons (Fsp3) is 0.0769. The Bertz CT molecular complexity index is 1730. The van der Waals surface area contributed by atoms with Gasteiger partial charge in [-0.3, -0.25) is 15.0 Å². The predicted molar refractivity (Wildman–Crippen MR) is 128 cm³/mol. The van der Waals surface area contributed by atoms with Crippen LogP contribution in [0.4, 0.5) is 0 Å². The van der Waals surface area contributed by atoms with Crippen LogP contribution in [0.25, 0.3) is 38.8 Å². The molecule has 0 bridgehead atoms. The normalized spacial score (nSPS) is 10.9. The molecule has 0 saturated heterocycles. The van der Waals surface area contributed by atoms with Crippen LogP contribution in [0.2, 0.25) is 5.02 Å². The summed E-state index contributed by atoms with van der Waals surface area (Å²) in [6, 6.07) is 21.2. The van der Waals surface area contributed by atoms with Crippen molar-refractivity contribution in [2.24, 2.45) is 7.05 Å². The van der Waals surface area contributed by atoms with Gasteiger partial charge in [-0.15, -0.1) is 0 Å². The van der Waals surface area contributed by atoms with Gasteiger partial charge in [0.05, 0.1) is 39.6 Å². The Morgan fingerprint density at radius 2 is 1.61 bits per heavy atom. The summed E-state index contributed by atoms with van der Waals surface area (Å²) in [5.41, 5.74) is 6.77. The molecule has 0 spiro atoms. The Labute approximate surface area is 194 Å². The van der Waals surface area contributed by atoms with Crippen molar-refractivity contribution >= 4 is 33.5 Å². The summed E-state index contributed by atoms with van der Waals surface area (Å²) in [6.07, 6.45) is 1.76. The van der Waals surface area contributed by atoms with Gasteiger partial charge in [0, 0.05) is 17.5 Å². The number of imidazole rings is 1. The number of aryl methyl sites for hydroxylation is 2. The molecule has 7 heteroatoms. The van der Waals surface area contributed by atoms with Crippen molar-refractivity contribution < 1.29 is 0 Å². The maximum Gasteiger partial charge on any atom is 0.207 e. The number of halogens is 1. The van der Waals surface area contributed by atoms with Crippen molar-refractivity contribution in [1.82, 2.24) is 14.1 Å². The van der Waals surface area contributed by atoms with E-state index < -0.39 is 0 Å². The van der Waals surface area contributed by atoms with E-state index in [1.165, 1.54) is 0 Å². The first-order valence-electron chi connectivity index (χ1n) is 10.2. The van der Waals surface area contributed by atoms with E-state index in [0.717, 1.165) is 38.6 Å². The van der Waals surface area contributed by atoms with Crippen molar-refractivity contribution in [1.29, 1.82) is 15.9 Å². The van der Waals surface area contributed by atoms with Crippen LogP contribution in [0.15, 0.2) is 60.8 Å². The van der Waals surface area contributed by atoms with Crippen LogP contribution in [0.1, 0.15) is 16.7 Å². The second-order valence-electron chi connectivity index (χ2n) is 7.86. The molecule has 0 aliphatic carbocycles. The van der Waals surface area contributed by atoms with E-state index >= 15 is 0 Å². The van der Waals surface area contributed by atoms with Gasteiger partial charge >= 0.3 is 0 Å². The zero-order valence-electron chi connectivity index (χ0n) is 17.9. The molecule has 33 heavy (non-hydrogen) atoms. The Morgan fingerprint density at radius 1 is 0.939 bits per heavy atom. The highest BCUT2D eigenvalue weighted by molar-refractivity contribution is 6.30. The number of hydrogen-bond donors (Lipinski definition) is 1. The minimum absolute atomic E-state index is 0.243. The number of nitrogens with one attached hydrogen (secondary N) is 1. The summed E-state index contributed by atoms with van der Waals surface area (Å²) < 4.78 is 3.59. The first-order chi connectivity index (χ1) is 15.9. The number of aromatic nitrogens is 3. The maximum absolute atomic E-state index is 9.57. The molecule has 1 N–H and O–H groups in total. The van der Waals surface area contributed by atoms with Crippen LogP contribution in [0, 0.1) is 35.0 Å². The molecule has 0 unspecified atom stereocenters. The Kier molecular flexibility index (Phi) is 4.74. The largest absolute Gasteiger partial charge is 0.312 e. The number of benzene rings is 3. The molecule has 0 aliphatic rings. The van der Waals surface area contributed by atoms with E-state index in [-0.39, 0.29) is 11.2 Å². The summed E-state index contributed by atoms with van der Waals surface area (Å²) in [7, 11) is 1.82. The first-order valence-corrected chi connectivity index (χ1v) is 10.6. The van der Waals surface area contributed by atoms with Crippen molar-refractivity contribution in [3.8, 4) is 29.0 Å². The maximum atomic E-state index is 9.57. The third-order valence-electron chi connectivity index (χ3n) is 5.93. The van der Waals surface area contributed by atoms with Gasteiger partial charge in [0.2, 0.25) is 5.62 Å². The second-order valence-corrected chi connectivity index (χ2v) is 8.29. The van der Waals surface area contributed by atoms with Crippen LogP contribution >= 0.6 is 11.6 Å². The smallest absolute Gasteiger partial charge is 0.207 e. The van der Waals surface area contributed by atoms with Gasteiger partial charge in [-0.1, -0.05) is 29.8 Å². The average Bonchev–Trinajstić information content (AvgIpc) is 3.09. The summed E-state index contributed by atoms with van der Waals surface area (Å²) in [5, 5.41) is 29.4. The van der Waals surface area contributed by atoms with E-state index in [1.54, 1.807) is 22.9 Å². The topological polar surface area (TPSA) is 94.2 Å². The molecule has 3 aromatic carbocycles. The van der Waals surface area contributed by atoms with E-state index in [9.17, 15) is 10.5 Å². The zero-order valence-corrected chi connectivity index (χ0v) is 18.6. The van der Waals surface area contributed by atoms with Gasteiger partial charge in [0.1, 0.15) is 12.1 Å². The van der Waals surface area contributed by atoms with E-state index in [0.29, 0.717) is 16.3 Å². The Morgan fingerprint density at radius 3 is 2.30 bits per heavy atom. The molecule has 158 valence electrons. The van der Waals surface area contributed by atoms with Gasteiger partial charge in [-0.2, -0.15) is 10.5 Å². The Hall–Kier alpha value is -4.39. The number of fused-ring (bicyclic) bond motifs is 3. The molecule has 0 saturated carbocycles. The van der Waals surface area contributed by atoms with Gasteiger partial charge < -0.3 is 4.57 Å². The third-order valence-corrected chi connectivity index (χ3v) is 6.18. The van der Waals surface area contributed by atoms with Crippen molar-refractivity contribution in [3.05, 3.63) is 88.1 Å².